The molecule has 12 nitrogen and oxygen atoms in total. The van der Waals surface area contributed by atoms with Crippen molar-refractivity contribution in [2.45, 2.75) is 58.1 Å². The summed E-state index contributed by atoms with van der Waals surface area (Å²) in [7, 11) is 0. The van der Waals surface area contributed by atoms with Crippen molar-refractivity contribution in [2.75, 3.05) is 6.54 Å². The summed E-state index contributed by atoms with van der Waals surface area (Å²) in [5, 5.41) is 5.33. The summed E-state index contributed by atoms with van der Waals surface area (Å²) in [5.41, 5.74) is -0.140. The van der Waals surface area contributed by atoms with Crippen molar-refractivity contribution in [3.05, 3.63) is 18.2 Å². The van der Waals surface area contributed by atoms with E-state index in [0.717, 1.165) is 0 Å². The minimum absolute atomic E-state index is 0.000286. The highest BCUT2D eigenvalue weighted by atomic mass is 16.7. The Kier molecular flexibility index (Phi) is 7.50. The second kappa shape index (κ2) is 9.85. The van der Waals surface area contributed by atoms with Gasteiger partial charge in [0.15, 0.2) is 0 Å². The minimum Gasteiger partial charge on any atom is -0.444 e. The number of nitrogens with zero attached hydrogens (tertiary/aromatic N) is 2. The molecule has 0 aliphatic carbocycles. The zero-order chi connectivity index (χ0) is 22.3. The average Bonchev–Trinajstić information content (AvgIpc) is 3.24. The van der Waals surface area contributed by atoms with Crippen LogP contribution in [0.3, 0.4) is 0 Å². The van der Waals surface area contributed by atoms with E-state index in [1.165, 1.54) is 12.5 Å². The zero-order valence-electron chi connectivity index (χ0n) is 17.0. The number of imidazole rings is 1. The molecular formula is C18H25N5O7. The van der Waals surface area contributed by atoms with Crippen molar-refractivity contribution in [3.63, 3.8) is 0 Å². The maximum absolute atomic E-state index is 12.5. The molecule has 1 saturated heterocycles. The average molecular weight is 423 g/mol. The molecule has 1 aromatic heterocycles. The van der Waals surface area contributed by atoms with E-state index >= 15 is 0 Å². The predicted molar refractivity (Wildman–Crippen MR) is 100 cm³/mol. The van der Waals surface area contributed by atoms with Crippen molar-refractivity contribution in [1.82, 2.24) is 25.7 Å². The predicted octanol–water partition coefficient (Wildman–Crippen LogP) is -0.0410. The van der Waals surface area contributed by atoms with Crippen molar-refractivity contribution in [3.8, 4) is 0 Å². The van der Waals surface area contributed by atoms with Gasteiger partial charge in [-0.2, -0.15) is 0 Å². The van der Waals surface area contributed by atoms with E-state index in [2.05, 4.69) is 20.6 Å². The van der Waals surface area contributed by atoms with Crippen LogP contribution in [0.15, 0.2) is 12.5 Å². The molecule has 1 aliphatic heterocycles. The first-order valence-corrected chi connectivity index (χ1v) is 9.36. The number of carbonyl (C=O) groups is 5. The Hall–Kier alpha value is -3.44. The van der Waals surface area contributed by atoms with E-state index in [4.69, 9.17) is 9.57 Å². The number of nitrogens with one attached hydrogen (secondary N) is 3. The first-order chi connectivity index (χ1) is 14.0. The number of hydrogen-bond acceptors (Lipinski definition) is 8. The maximum atomic E-state index is 12.5. The lowest BCUT2D eigenvalue weighted by molar-refractivity contribution is -0.199. The van der Waals surface area contributed by atoms with E-state index < -0.39 is 41.4 Å². The molecule has 0 radical (unpaired) electrons. The van der Waals surface area contributed by atoms with Gasteiger partial charge in [-0.05, 0) is 20.8 Å². The monoisotopic (exact) mass is 423 g/mol. The molecule has 4 amide bonds. The van der Waals surface area contributed by atoms with E-state index in [1.54, 1.807) is 20.8 Å². The van der Waals surface area contributed by atoms with Crippen LogP contribution >= 0.6 is 0 Å². The highest BCUT2D eigenvalue weighted by Gasteiger charge is 2.35. The molecule has 0 bridgehead atoms. The largest absolute Gasteiger partial charge is 0.444 e. The number of aromatic amines is 1. The smallest absolute Gasteiger partial charge is 0.407 e. The molecule has 1 fully saturated rings. The standard InChI is InChI=1S/C18H25N5O7/c1-18(2,3)29-17(28)20-7-6-13(24)22-12(8-11-9-19-10-21-11)16(27)30-23-14(25)4-5-15(23)26/h9-10,12H,4-8H2,1-3H3,(H,19,21)(H,20,28)(H,22,24)/t12-/m0/s1. The lowest BCUT2D eigenvalue weighted by Crippen LogP contribution is -2.47. The fourth-order valence-electron chi connectivity index (χ4n) is 2.48. The van der Waals surface area contributed by atoms with Crippen LogP contribution in [0.2, 0.25) is 0 Å². The maximum Gasteiger partial charge on any atom is 0.407 e. The third-order valence-corrected chi connectivity index (χ3v) is 3.81. The second-order valence-corrected chi connectivity index (χ2v) is 7.57. The molecule has 3 N–H and O–H groups in total. The summed E-state index contributed by atoms with van der Waals surface area (Å²) < 4.78 is 5.07. The Balaban J connectivity index is 1.91. The fraction of sp³-hybridized carbons (Fsp3) is 0.556. The summed E-state index contributed by atoms with van der Waals surface area (Å²) in [4.78, 5) is 71.2. The molecule has 30 heavy (non-hydrogen) atoms. The van der Waals surface area contributed by atoms with Gasteiger partial charge in [0.1, 0.15) is 11.6 Å². The third kappa shape index (κ3) is 7.18. The van der Waals surface area contributed by atoms with Gasteiger partial charge in [-0.25, -0.2) is 14.6 Å². The van der Waals surface area contributed by atoms with Gasteiger partial charge in [-0.1, -0.05) is 0 Å². The normalized spacial score (nSPS) is 15.0. The molecule has 0 unspecified atom stereocenters. The van der Waals surface area contributed by atoms with Gasteiger partial charge in [-0.3, -0.25) is 14.4 Å². The Morgan fingerprint density at radius 2 is 1.90 bits per heavy atom. The highest BCUT2D eigenvalue weighted by Crippen LogP contribution is 2.13. The summed E-state index contributed by atoms with van der Waals surface area (Å²) in [6.45, 7) is 5.11. The molecular weight excluding hydrogens is 398 g/mol. The number of aromatic nitrogens is 2. The van der Waals surface area contributed by atoms with Crippen molar-refractivity contribution in [1.29, 1.82) is 0 Å². The fourth-order valence-corrected chi connectivity index (χ4v) is 2.48. The molecule has 1 atom stereocenters. The summed E-state index contributed by atoms with van der Waals surface area (Å²) in [6, 6.07) is -1.18. The number of rotatable bonds is 8. The number of alkyl carbamates (subject to hydrolysis) is 1. The Bertz CT molecular complexity index is 784. The summed E-state index contributed by atoms with van der Waals surface area (Å²) in [5.74, 6) is -2.77. The summed E-state index contributed by atoms with van der Waals surface area (Å²) >= 11 is 0. The number of ether oxygens (including phenoxy) is 1. The van der Waals surface area contributed by atoms with Crippen LogP contribution in [0.1, 0.15) is 45.7 Å². The lowest BCUT2D eigenvalue weighted by atomic mass is 10.1. The lowest BCUT2D eigenvalue weighted by Gasteiger charge is -2.20. The molecule has 0 saturated carbocycles. The summed E-state index contributed by atoms with van der Waals surface area (Å²) in [6.07, 6.45) is 1.98. The van der Waals surface area contributed by atoms with E-state index in [9.17, 15) is 24.0 Å². The quantitative estimate of drug-likeness (QED) is 0.491. The topological polar surface area (TPSA) is 160 Å². The van der Waals surface area contributed by atoms with Crippen molar-refractivity contribution in [2.24, 2.45) is 0 Å². The molecule has 2 heterocycles. The van der Waals surface area contributed by atoms with Crippen molar-refractivity contribution >= 4 is 29.8 Å². The van der Waals surface area contributed by atoms with Crippen LogP contribution < -0.4 is 10.6 Å². The van der Waals surface area contributed by atoms with Crippen LogP contribution in [0.4, 0.5) is 4.79 Å². The Morgan fingerprint density at radius 3 is 2.47 bits per heavy atom. The highest BCUT2D eigenvalue weighted by molar-refractivity contribution is 6.02. The number of imide groups is 1. The van der Waals surface area contributed by atoms with Crippen LogP contribution in [0, 0.1) is 0 Å². The molecule has 1 aliphatic rings. The molecule has 1 aromatic rings. The Morgan fingerprint density at radius 1 is 1.23 bits per heavy atom. The number of hydroxylamine groups is 2. The molecule has 164 valence electrons. The van der Waals surface area contributed by atoms with Gasteiger partial charge in [0, 0.05) is 44.1 Å². The zero-order valence-corrected chi connectivity index (χ0v) is 17.0. The first-order valence-electron chi connectivity index (χ1n) is 9.36. The number of hydrogen-bond donors (Lipinski definition) is 3. The number of carbonyl (C=O) groups excluding carboxylic acids is 5. The van der Waals surface area contributed by atoms with Crippen LogP contribution in [-0.2, 0) is 35.2 Å². The van der Waals surface area contributed by atoms with Crippen molar-refractivity contribution < 1.29 is 33.5 Å². The number of amides is 4. The SMILES string of the molecule is CC(C)(C)OC(=O)NCCC(=O)N[C@@H](Cc1cnc[nH]1)C(=O)ON1C(=O)CCC1=O. The first kappa shape index (κ1) is 22.8. The van der Waals surface area contributed by atoms with Gasteiger partial charge < -0.3 is 25.2 Å². The van der Waals surface area contributed by atoms with E-state index in [0.29, 0.717) is 10.8 Å². The molecule has 2 rings (SSSR count). The molecule has 0 spiro atoms. The Labute approximate surface area is 172 Å². The van der Waals surface area contributed by atoms with Gasteiger partial charge in [0.25, 0.3) is 11.8 Å². The van der Waals surface area contributed by atoms with Gasteiger partial charge >= 0.3 is 12.1 Å². The minimum atomic E-state index is -1.18. The van der Waals surface area contributed by atoms with Crippen LogP contribution in [-0.4, -0.2) is 63.0 Å². The number of H-pyrrole nitrogens is 1. The van der Waals surface area contributed by atoms with E-state index in [-0.39, 0.29) is 32.2 Å². The second-order valence-electron chi connectivity index (χ2n) is 7.57. The van der Waals surface area contributed by atoms with Gasteiger partial charge in [-0.15, -0.1) is 5.06 Å². The van der Waals surface area contributed by atoms with Crippen LogP contribution in [0.25, 0.3) is 0 Å². The molecule has 12 heteroatoms. The van der Waals surface area contributed by atoms with Gasteiger partial charge in [0.05, 0.1) is 6.33 Å². The van der Waals surface area contributed by atoms with E-state index in [1.807, 2.05) is 0 Å². The third-order valence-electron chi connectivity index (χ3n) is 3.81. The van der Waals surface area contributed by atoms with Gasteiger partial charge in [0.2, 0.25) is 5.91 Å². The van der Waals surface area contributed by atoms with Crippen LogP contribution in [0.5, 0.6) is 0 Å². The molecule has 0 aromatic carbocycles.